The standard InChI is InChI=1S/C26H31F3N2O2/c1-16(32)15-31-21-11-10-19(25(5,6)23(33)30-24(2,3)4)13-18(21)14-22(31)17-8-7-9-20(12-17)26(27,28)29/h7-14,16,32H,15H2,1-6H3,(H,30,33). The maximum Gasteiger partial charge on any atom is 0.416 e. The predicted octanol–water partition coefficient (Wildman–Crippen LogP) is 5.90. The van der Waals surface area contributed by atoms with Gasteiger partial charge in [0.15, 0.2) is 0 Å². The van der Waals surface area contributed by atoms with Crippen molar-refractivity contribution < 1.29 is 23.1 Å². The maximum atomic E-state index is 13.3. The van der Waals surface area contributed by atoms with Crippen LogP contribution in [0, 0.1) is 0 Å². The zero-order valence-electron chi connectivity index (χ0n) is 19.8. The fourth-order valence-corrected chi connectivity index (χ4v) is 3.84. The molecule has 1 atom stereocenters. The van der Waals surface area contributed by atoms with E-state index in [9.17, 15) is 23.1 Å². The highest BCUT2D eigenvalue weighted by atomic mass is 19.4. The first-order valence-electron chi connectivity index (χ1n) is 10.9. The molecule has 33 heavy (non-hydrogen) atoms. The van der Waals surface area contributed by atoms with Gasteiger partial charge in [-0.1, -0.05) is 18.2 Å². The molecule has 1 amide bonds. The molecule has 0 spiro atoms. The first kappa shape index (κ1) is 24.8. The zero-order chi connectivity index (χ0) is 24.8. The van der Waals surface area contributed by atoms with Crippen molar-refractivity contribution in [1.29, 1.82) is 0 Å². The van der Waals surface area contributed by atoms with Crippen LogP contribution >= 0.6 is 0 Å². The molecule has 178 valence electrons. The molecule has 7 heteroatoms. The molecule has 0 saturated carbocycles. The van der Waals surface area contributed by atoms with Gasteiger partial charge in [-0.25, -0.2) is 0 Å². The van der Waals surface area contributed by atoms with Crippen molar-refractivity contribution in [3.05, 3.63) is 59.7 Å². The van der Waals surface area contributed by atoms with Gasteiger partial charge < -0.3 is 15.0 Å². The Labute approximate surface area is 192 Å². The average Bonchev–Trinajstić information content (AvgIpc) is 3.03. The first-order valence-corrected chi connectivity index (χ1v) is 10.9. The SMILES string of the molecule is CC(O)Cn1c(-c2cccc(C(F)(F)F)c2)cc2cc(C(C)(C)C(=O)NC(C)(C)C)ccc21. The number of hydrogen-bond donors (Lipinski definition) is 2. The van der Waals surface area contributed by atoms with Crippen LogP contribution in [-0.2, 0) is 22.9 Å². The van der Waals surface area contributed by atoms with Gasteiger partial charge in [0.2, 0.25) is 5.91 Å². The number of nitrogens with one attached hydrogen (secondary N) is 1. The molecule has 1 aromatic heterocycles. The van der Waals surface area contributed by atoms with Crippen molar-refractivity contribution in [2.75, 3.05) is 0 Å². The van der Waals surface area contributed by atoms with Gasteiger partial charge in [-0.15, -0.1) is 0 Å². The molecule has 1 heterocycles. The van der Waals surface area contributed by atoms with Crippen LogP contribution in [-0.4, -0.2) is 27.2 Å². The van der Waals surface area contributed by atoms with Crippen molar-refractivity contribution >= 4 is 16.8 Å². The van der Waals surface area contributed by atoms with E-state index in [2.05, 4.69) is 5.32 Å². The summed E-state index contributed by atoms with van der Waals surface area (Å²) >= 11 is 0. The highest BCUT2D eigenvalue weighted by Gasteiger charge is 2.33. The number of carbonyl (C=O) groups is 1. The topological polar surface area (TPSA) is 54.3 Å². The lowest BCUT2D eigenvalue weighted by Gasteiger charge is -2.30. The number of halogens is 3. The second kappa shape index (κ2) is 8.52. The lowest BCUT2D eigenvalue weighted by molar-refractivity contribution is -0.137. The number of fused-ring (bicyclic) bond motifs is 1. The molecule has 0 radical (unpaired) electrons. The summed E-state index contributed by atoms with van der Waals surface area (Å²) in [7, 11) is 0. The lowest BCUT2D eigenvalue weighted by atomic mass is 9.82. The number of aromatic nitrogens is 1. The summed E-state index contributed by atoms with van der Waals surface area (Å²) in [5.41, 5.74) is 0.633. The Kier molecular flexibility index (Phi) is 6.41. The molecule has 0 saturated heterocycles. The third-order valence-corrected chi connectivity index (χ3v) is 5.61. The van der Waals surface area contributed by atoms with E-state index >= 15 is 0 Å². The Morgan fingerprint density at radius 3 is 2.24 bits per heavy atom. The first-order chi connectivity index (χ1) is 15.1. The molecule has 4 nitrogen and oxygen atoms in total. The number of alkyl halides is 3. The normalized spacial score (nSPS) is 13.9. The summed E-state index contributed by atoms with van der Waals surface area (Å²) in [6.45, 7) is 11.3. The molecule has 3 aromatic rings. The highest BCUT2D eigenvalue weighted by molar-refractivity contribution is 5.92. The molecule has 1 unspecified atom stereocenters. The van der Waals surface area contributed by atoms with Crippen LogP contribution < -0.4 is 5.32 Å². The Hall–Kier alpha value is -2.80. The third-order valence-electron chi connectivity index (χ3n) is 5.61. The molecule has 0 fully saturated rings. The quantitative estimate of drug-likeness (QED) is 0.498. The largest absolute Gasteiger partial charge is 0.416 e. The Morgan fingerprint density at radius 2 is 1.67 bits per heavy atom. The van der Waals surface area contributed by atoms with E-state index in [0.29, 0.717) is 11.3 Å². The second-order valence-corrected chi connectivity index (χ2v) is 10.2. The number of hydrogen-bond acceptors (Lipinski definition) is 2. The second-order valence-electron chi connectivity index (χ2n) is 10.2. The minimum absolute atomic E-state index is 0.115. The van der Waals surface area contributed by atoms with Crippen LogP contribution in [0.1, 0.15) is 52.7 Å². The van der Waals surface area contributed by atoms with Crippen molar-refractivity contribution in [3.63, 3.8) is 0 Å². The Balaban J connectivity index is 2.14. The fourth-order valence-electron chi connectivity index (χ4n) is 3.84. The van der Waals surface area contributed by atoms with E-state index in [1.807, 2.05) is 63.5 Å². The maximum absolute atomic E-state index is 13.3. The minimum Gasteiger partial charge on any atom is -0.392 e. The summed E-state index contributed by atoms with van der Waals surface area (Å²) in [5.74, 6) is -0.115. The predicted molar refractivity (Wildman–Crippen MR) is 125 cm³/mol. The van der Waals surface area contributed by atoms with Gasteiger partial charge in [-0.3, -0.25) is 4.79 Å². The van der Waals surface area contributed by atoms with Crippen LogP contribution in [0.4, 0.5) is 13.2 Å². The van der Waals surface area contributed by atoms with E-state index < -0.39 is 23.3 Å². The fraction of sp³-hybridized carbons (Fsp3) is 0.423. The number of aliphatic hydroxyl groups excluding tert-OH is 1. The van der Waals surface area contributed by atoms with Gasteiger partial charge in [0, 0.05) is 28.7 Å². The van der Waals surface area contributed by atoms with Crippen LogP contribution in [0.3, 0.4) is 0 Å². The van der Waals surface area contributed by atoms with Crippen molar-refractivity contribution in [3.8, 4) is 11.3 Å². The van der Waals surface area contributed by atoms with E-state index in [4.69, 9.17) is 0 Å². The summed E-state index contributed by atoms with van der Waals surface area (Å²) in [4.78, 5) is 12.9. The van der Waals surface area contributed by atoms with Crippen LogP contribution in [0.2, 0.25) is 0 Å². The van der Waals surface area contributed by atoms with E-state index in [1.54, 1.807) is 13.0 Å². The van der Waals surface area contributed by atoms with Crippen molar-refractivity contribution in [1.82, 2.24) is 9.88 Å². The van der Waals surface area contributed by atoms with Crippen molar-refractivity contribution in [2.24, 2.45) is 0 Å². The molecule has 3 rings (SSSR count). The van der Waals surface area contributed by atoms with Crippen molar-refractivity contribution in [2.45, 2.75) is 71.3 Å². The molecule has 2 N–H and O–H groups in total. The molecule has 0 bridgehead atoms. The van der Waals surface area contributed by atoms with Gasteiger partial charge in [-0.05, 0) is 83.0 Å². The van der Waals surface area contributed by atoms with Gasteiger partial charge >= 0.3 is 6.18 Å². The molecule has 0 aliphatic heterocycles. The van der Waals surface area contributed by atoms with Gasteiger partial charge in [0.25, 0.3) is 0 Å². The number of carbonyl (C=O) groups excluding carboxylic acids is 1. The summed E-state index contributed by atoms with van der Waals surface area (Å²) < 4.78 is 41.7. The summed E-state index contributed by atoms with van der Waals surface area (Å²) in [6.07, 6.45) is -5.15. The molecule has 0 aliphatic carbocycles. The smallest absolute Gasteiger partial charge is 0.392 e. The highest BCUT2D eigenvalue weighted by Crippen LogP contribution is 2.36. The molecule has 2 aromatic carbocycles. The van der Waals surface area contributed by atoms with Crippen LogP contribution in [0.25, 0.3) is 22.2 Å². The van der Waals surface area contributed by atoms with Crippen LogP contribution in [0.15, 0.2) is 48.5 Å². The Bertz CT molecular complexity index is 1170. The number of nitrogens with zero attached hydrogens (tertiary/aromatic N) is 1. The van der Waals surface area contributed by atoms with E-state index in [1.165, 1.54) is 6.07 Å². The van der Waals surface area contributed by atoms with Gasteiger partial charge in [0.05, 0.1) is 17.1 Å². The van der Waals surface area contributed by atoms with Crippen LogP contribution in [0.5, 0.6) is 0 Å². The number of benzene rings is 2. The third kappa shape index (κ3) is 5.41. The zero-order valence-corrected chi connectivity index (χ0v) is 19.8. The number of rotatable bonds is 5. The molecule has 0 aliphatic rings. The Morgan fingerprint density at radius 1 is 1.00 bits per heavy atom. The molecular formula is C26H31F3N2O2. The van der Waals surface area contributed by atoms with Gasteiger partial charge in [-0.2, -0.15) is 13.2 Å². The van der Waals surface area contributed by atoms with E-state index in [-0.39, 0.29) is 18.0 Å². The summed E-state index contributed by atoms with van der Waals surface area (Å²) in [6, 6.07) is 12.6. The summed E-state index contributed by atoms with van der Waals surface area (Å²) in [5, 5.41) is 13.9. The average molecular weight is 461 g/mol. The monoisotopic (exact) mass is 460 g/mol. The minimum atomic E-state index is -4.45. The number of aliphatic hydroxyl groups is 1. The molecular weight excluding hydrogens is 429 g/mol. The number of amides is 1. The lowest BCUT2D eigenvalue weighted by Crippen LogP contribution is -2.48. The van der Waals surface area contributed by atoms with Gasteiger partial charge in [0.1, 0.15) is 0 Å². The van der Waals surface area contributed by atoms with E-state index in [0.717, 1.165) is 28.6 Å².